The van der Waals surface area contributed by atoms with Gasteiger partial charge in [0.1, 0.15) is 12.4 Å². The van der Waals surface area contributed by atoms with Crippen molar-refractivity contribution in [2.45, 2.75) is 52.0 Å². The van der Waals surface area contributed by atoms with Crippen LogP contribution in [-0.2, 0) is 23.2 Å². The first-order valence-corrected chi connectivity index (χ1v) is 8.48. The average Bonchev–Trinajstić information content (AvgIpc) is 2.93. The van der Waals surface area contributed by atoms with Gasteiger partial charge < -0.3 is 27.5 Å². The molecule has 0 aliphatic carbocycles. The van der Waals surface area contributed by atoms with E-state index in [1.165, 1.54) is 45.1 Å². The van der Waals surface area contributed by atoms with E-state index in [4.69, 9.17) is 10.2 Å². The Morgan fingerprint density at radius 1 is 1.00 bits per heavy atom. The summed E-state index contributed by atoms with van der Waals surface area (Å²) in [7, 11) is -3.93. The van der Waals surface area contributed by atoms with Gasteiger partial charge >= 0.3 is 19.2 Å². The molecule has 0 saturated carbocycles. The molecule has 2 N–H and O–H groups in total. The summed E-state index contributed by atoms with van der Waals surface area (Å²) in [6.07, 6.45) is 15.8. The highest BCUT2D eigenvalue weighted by molar-refractivity contribution is 6.50. The van der Waals surface area contributed by atoms with Gasteiger partial charge in [0.05, 0.1) is 13.6 Å². The molecule has 1 aromatic heterocycles. The molecule has 0 aliphatic rings. The third-order valence-corrected chi connectivity index (χ3v) is 2.96. The molecule has 27 heavy (non-hydrogen) atoms. The number of aliphatic carboxylic acids is 2. The Morgan fingerprint density at radius 2 is 1.44 bits per heavy atom. The normalized spacial score (nSPS) is 10.6. The molecule has 0 aliphatic heterocycles. The zero-order chi connectivity index (χ0) is 21.3. The summed E-state index contributed by atoms with van der Waals surface area (Å²) in [4.78, 5) is 19.1. The van der Waals surface area contributed by atoms with E-state index >= 15 is 0 Å². The van der Waals surface area contributed by atoms with Crippen LogP contribution in [0, 0.1) is 0 Å². The maximum absolute atomic E-state index is 9.75. The van der Waals surface area contributed by atoms with Crippen LogP contribution in [0.3, 0.4) is 0 Å². The van der Waals surface area contributed by atoms with Gasteiger partial charge in [-0.25, -0.2) is 18.7 Å². The lowest BCUT2D eigenvalue weighted by molar-refractivity contribution is -0.696. The van der Waals surface area contributed by atoms with Crippen molar-refractivity contribution in [1.82, 2.24) is 4.57 Å². The number of hydrogen-bond donors (Lipinski definition) is 2. The minimum absolute atomic E-state index is 0.558. The summed E-state index contributed by atoms with van der Waals surface area (Å²) in [5.41, 5.74) is 0. The van der Waals surface area contributed by atoms with Gasteiger partial charge in [0.15, 0.2) is 0 Å². The lowest BCUT2D eigenvalue weighted by atomic mass is 10.1. The van der Waals surface area contributed by atoms with Crippen molar-refractivity contribution < 1.29 is 41.6 Å². The summed E-state index contributed by atoms with van der Waals surface area (Å²) in [6, 6.07) is 0. The third-order valence-electron chi connectivity index (χ3n) is 2.96. The molecule has 0 fully saturated rings. The Labute approximate surface area is 156 Å². The topological polar surface area (TPSA) is 83.4 Å². The molecule has 0 unspecified atom stereocenters. The first-order chi connectivity index (χ1) is 12.5. The number of hydrogen-bond acceptors (Lipinski definition) is 2. The number of aromatic nitrogens is 2. The second-order valence-corrected chi connectivity index (χ2v) is 5.59. The summed E-state index contributed by atoms with van der Waals surface area (Å²) < 4.78 is 43.4. The van der Waals surface area contributed by atoms with E-state index in [0.717, 1.165) is 0 Å². The van der Waals surface area contributed by atoms with E-state index in [1.54, 1.807) is 0 Å². The number of halogens is 4. The zero-order valence-corrected chi connectivity index (χ0v) is 15.5. The van der Waals surface area contributed by atoms with E-state index in [2.05, 4.69) is 41.8 Å². The number of carbonyl (C=O) groups is 2. The lowest BCUT2D eigenvalue weighted by Crippen LogP contribution is -2.30. The quantitative estimate of drug-likeness (QED) is 0.219. The number of rotatable bonds is 9. The fraction of sp³-hybridized carbons (Fsp3) is 0.562. The molecule has 0 saturated heterocycles. The molecule has 156 valence electrons. The van der Waals surface area contributed by atoms with Gasteiger partial charge in [0, 0.05) is 12.2 Å². The maximum Gasteiger partial charge on any atom is 0.673 e. The van der Waals surface area contributed by atoms with Crippen LogP contribution < -0.4 is 4.57 Å². The van der Waals surface area contributed by atoms with E-state index < -0.39 is 19.2 Å². The number of carboxylic acids is 2. The highest BCUT2D eigenvalue weighted by atomic mass is 19.5. The van der Waals surface area contributed by atoms with Crippen LogP contribution in [0.5, 0.6) is 0 Å². The van der Waals surface area contributed by atoms with Gasteiger partial charge in [-0.3, -0.25) is 0 Å². The number of aryl methyl sites for hydroxylation is 2. The Hall–Kier alpha value is -2.33. The van der Waals surface area contributed by atoms with Gasteiger partial charge in [-0.15, -0.1) is 0 Å². The molecule has 1 heterocycles. The summed E-state index contributed by atoms with van der Waals surface area (Å²) >= 11 is 0. The van der Waals surface area contributed by atoms with E-state index in [-0.39, 0.29) is 0 Å². The molecular weight excluding hydrogens is 371 g/mol. The van der Waals surface area contributed by atoms with Crippen molar-refractivity contribution in [1.29, 1.82) is 0 Å². The van der Waals surface area contributed by atoms with Crippen LogP contribution in [-0.4, -0.2) is 34.0 Å². The van der Waals surface area contributed by atoms with Gasteiger partial charge in [0.25, 0.3) is 0 Å². The highest BCUT2D eigenvalue weighted by Gasteiger charge is 2.20. The second-order valence-electron chi connectivity index (χ2n) is 5.59. The molecule has 0 amide bonds. The van der Waals surface area contributed by atoms with Crippen LogP contribution >= 0.6 is 0 Å². The Kier molecular flexibility index (Phi) is 15.8. The van der Waals surface area contributed by atoms with Crippen LogP contribution in [0.4, 0.5) is 17.3 Å². The summed E-state index contributed by atoms with van der Waals surface area (Å²) in [6.45, 7) is 3.44. The standard InChI is InChI=1S/C12H23N2.C4H4O4.BF4/c1-3-4-5-6-7-8-9-14-11-10-13(2)12-14;5-3(6)1-2-4(7)8;2-1(3,4)5/h10-12H,3-9H2,1-2H3;1-2H,(H,5,6)(H,7,8);/q+1;;-1/b;2-1-;. The molecule has 0 atom stereocenters. The number of nitrogens with zero attached hydrogens (tertiary/aromatic N) is 2. The smallest absolute Gasteiger partial charge is 0.478 e. The number of carboxylic acid groups (broad SMARTS) is 2. The first kappa shape index (κ1) is 26.9. The van der Waals surface area contributed by atoms with Crippen LogP contribution in [0.25, 0.3) is 0 Å². The van der Waals surface area contributed by atoms with Crippen molar-refractivity contribution >= 4 is 19.2 Å². The third kappa shape index (κ3) is 28.7. The van der Waals surface area contributed by atoms with Crippen LogP contribution in [0.1, 0.15) is 45.4 Å². The SMILES string of the molecule is CCCCCCCC[n+]1ccn(C)c1.F[B-](F)(F)F.O=C(O)/C=C\C(=O)O. The predicted octanol–water partition coefficient (Wildman–Crippen LogP) is 3.68. The van der Waals surface area contributed by atoms with Crippen molar-refractivity contribution in [3.05, 3.63) is 30.9 Å². The second kappa shape index (κ2) is 15.9. The molecule has 11 heteroatoms. The van der Waals surface area contributed by atoms with Crippen LogP contribution in [0.15, 0.2) is 30.9 Å². The maximum atomic E-state index is 9.75. The Balaban J connectivity index is 0. The fourth-order valence-electron chi connectivity index (χ4n) is 1.85. The molecule has 1 aromatic rings. The Bertz CT molecular complexity index is 541. The van der Waals surface area contributed by atoms with Gasteiger partial charge in [-0.1, -0.05) is 32.6 Å². The summed E-state index contributed by atoms with van der Waals surface area (Å²) in [5, 5.41) is 15.6. The molecule has 6 nitrogen and oxygen atoms in total. The first-order valence-electron chi connectivity index (χ1n) is 8.48. The lowest BCUT2D eigenvalue weighted by Gasteiger charge is -1.98. The van der Waals surface area contributed by atoms with Gasteiger partial charge in [-0.05, 0) is 12.8 Å². The van der Waals surface area contributed by atoms with E-state index in [1.807, 2.05) is 0 Å². The number of unbranched alkanes of at least 4 members (excludes halogenated alkanes) is 5. The van der Waals surface area contributed by atoms with Gasteiger partial charge in [0.2, 0.25) is 6.33 Å². The monoisotopic (exact) mass is 398 g/mol. The molecular formula is C16H27BF4N2O4. The minimum atomic E-state index is -6.00. The molecule has 0 radical (unpaired) electrons. The van der Waals surface area contributed by atoms with Crippen LogP contribution in [0.2, 0.25) is 0 Å². The van der Waals surface area contributed by atoms with Crippen molar-refractivity contribution in [3.8, 4) is 0 Å². The molecule has 1 rings (SSSR count). The van der Waals surface area contributed by atoms with Gasteiger partial charge in [-0.2, -0.15) is 0 Å². The minimum Gasteiger partial charge on any atom is -0.478 e. The number of imidazole rings is 1. The zero-order valence-electron chi connectivity index (χ0n) is 15.5. The van der Waals surface area contributed by atoms with Crippen molar-refractivity contribution in [2.75, 3.05) is 0 Å². The van der Waals surface area contributed by atoms with E-state index in [0.29, 0.717) is 12.2 Å². The van der Waals surface area contributed by atoms with Crippen molar-refractivity contribution in [2.24, 2.45) is 7.05 Å². The fourth-order valence-corrected chi connectivity index (χ4v) is 1.85. The highest BCUT2D eigenvalue weighted by Crippen LogP contribution is 2.06. The molecule has 0 aromatic carbocycles. The average molecular weight is 398 g/mol. The molecule has 0 bridgehead atoms. The largest absolute Gasteiger partial charge is 0.673 e. The predicted molar refractivity (Wildman–Crippen MR) is 93.6 cm³/mol. The molecule has 0 spiro atoms. The summed E-state index contributed by atoms with van der Waals surface area (Å²) in [5.74, 6) is -2.51. The van der Waals surface area contributed by atoms with Crippen molar-refractivity contribution in [3.63, 3.8) is 0 Å². The van der Waals surface area contributed by atoms with E-state index in [9.17, 15) is 26.9 Å². The Morgan fingerprint density at radius 3 is 1.81 bits per heavy atom.